The van der Waals surface area contributed by atoms with Gasteiger partial charge in [-0.15, -0.1) is 0 Å². The van der Waals surface area contributed by atoms with Crippen molar-refractivity contribution < 1.29 is 0 Å². The van der Waals surface area contributed by atoms with Crippen molar-refractivity contribution in [1.82, 2.24) is 4.90 Å². The van der Waals surface area contributed by atoms with Gasteiger partial charge in [0.2, 0.25) is 0 Å². The summed E-state index contributed by atoms with van der Waals surface area (Å²) in [4.78, 5) is 4.57. The maximum atomic E-state index is 5.55. The molecule has 0 spiro atoms. The number of hydrogen-bond donors (Lipinski definition) is 1. The van der Waals surface area contributed by atoms with Crippen molar-refractivity contribution in [2.45, 2.75) is 32.7 Å². The SMILES string of the molecule is Cc1ccccc1NC(=S)N(C)Cc1ccc(N2CCCCC2)cc1. The summed E-state index contributed by atoms with van der Waals surface area (Å²) in [5.74, 6) is 0. The number of aryl methyl sites for hydroxylation is 1. The van der Waals surface area contributed by atoms with E-state index in [0.717, 1.165) is 17.3 Å². The lowest BCUT2D eigenvalue weighted by molar-refractivity contribution is 0.508. The van der Waals surface area contributed by atoms with E-state index in [9.17, 15) is 0 Å². The number of hydrogen-bond acceptors (Lipinski definition) is 2. The lowest BCUT2D eigenvalue weighted by atomic mass is 10.1. The van der Waals surface area contributed by atoms with E-state index in [2.05, 4.69) is 58.4 Å². The Balaban J connectivity index is 1.57. The van der Waals surface area contributed by atoms with E-state index in [1.165, 1.54) is 49.2 Å². The van der Waals surface area contributed by atoms with Crippen LogP contribution in [0, 0.1) is 6.92 Å². The fraction of sp³-hybridized carbons (Fsp3) is 0.381. The van der Waals surface area contributed by atoms with E-state index in [-0.39, 0.29) is 0 Å². The van der Waals surface area contributed by atoms with Gasteiger partial charge in [0.1, 0.15) is 0 Å². The van der Waals surface area contributed by atoms with E-state index in [1.54, 1.807) is 0 Å². The van der Waals surface area contributed by atoms with Crippen LogP contribution >= 0.6 is 12.2 Å². The van der Waals surface area contributed by atoms with Crippen molar-refractivity contribution in [2.75, 3.05) is 30.4 Å². The standard InChI is InChI=1S/C21H27N3S/c1-17-8-4-5-9-20(17)22-21(25)23(2)16-18-10-12-19(13-11-18)24-14-6-3-7-15-24/h4-5,8-13H,3,6-7,14-16H2,1-2H3,(H,22,25). The highest BCUT2D eigenvalue weighted by Crippen LogP contribution is 2.21. The second kappa shape index (κ2) is 8.34. The fourth-order valence-corrected chi connectivity index (χ4v) is 3.41. The molecule has 1 heterocycles. The van der Waals surface area contributed by atoms with Gasteiger partial charge in [0.05, 0.1) is 0 Å². The Morgan fingerprint density at radius 2 is 1.72 bits per heavy atom. The Labute approximate surface area is 156 Å². The minimum absolute atomic E-state index is 0.745. The minimum Gasteiger partial charge on any atom is -0.372 e. The first-order valence-electron chi connectivity index (χ1n) is 9.05. The van der Waals surface area contributed by atoms with Gasteiger partial charge in [-0.05, 0) is 67.7 Å². The van der Waals surface area contributed by atoms with Crippen LogP contribution in [0.2, 0.25) is 0 Å². The van der Waals surface area contributed by atoms with Gasteiger partial charge in [-0.3, -0.25) is 0 Å². The molecule has 1 fully saturated rings. The summed E-state index contributed by atoms with van der Waals surface area (Å²) in [5, 5.41) is 4.09. The molecule has 132 valence electrons. The van der Waals surface area contributed by atoms with Crippen LogP contribution in [0.4, 0.5) is 11.4 Å². The third-order valence-electron chi connectivity index (χ3n) is 4.81. The molecule has 25 heavy (non-hydrogen) atoms. The first kappa shape index (κ1) is 17.7. The van der Waals surface area contributed by atoms with E-state index in [1.807, 2.05) is 19.2 Å². The average Bonchev–Trinajstić information content (AvgIpc) is 2.65. The number of anilines is 2. The molecule has 0 unspecified atom stereocenters. The predicted octanol–water partition coefficient (Wildman–Crippen LogP) is 4.81. The van der Waals surface area contributed by atoms with Crippen molar-refractivity contribution in [3.05, 3.63) is 59.7 Å². The lowest BCUT2D eigenvalue weighted by Crippen LogP contribution is -2.31. The third kappa shape index (κ3) is 4.73. The van der Waals surface area contributed by atoms with E-state index >= 15 is 0 Å². The van der Waals surface area contributed by atoms with Crippen LogP contribution in [-0.4, -0.2) is 30.1 Å². The second-order valence-corrected chi connectivity index (χ2v) is 7.20. The molecule has 0 saturated carbocycles. The topological polar surface area (TPSA) is 18.5 Å². The Kier molecular flexibility index (Phi) is 5.92. The molecule has 3 rings (SSSR count). The monoisotopic (exact) mass is 353 g/mol. The summed E-state index contributed by atoms with van der Waals surface area (Å²) >= 11 is 5.55. The van der Waals surface area contributed by atoms with Gasteiger partial charge < -0.3 is 15.1 Å². The largest absolute Gasteiger partial charge is 0.372 e. The highest BCUT2D eigenvalue weighted by Gasteiger charge is 2.11. The number of benzene rings is 2. The Bertz CT molecular complexity index is 705. The highest BCUT2D eigenvalue weighted by atomic mass is 32.1. The number of thiocarbonyl (C=S) groups is 1. The fourth-order valence-electron chi connectivity index (χ4n) is 3.23. The third-order valence-corrected chi connectivity index (χ3v) is 5.22. The summed E-state index contributed by atoms with van der Waals surface area (Å²) in [5.41, 5.74) is 4.88. The van der Waals surface area contributed by atoms with Crippen molar-refractivity contribution in [3.63, 3.8) is 0 Å². The molecule has 0 aromatic heterocycles. The lowest BCUT2D eigenvalue weighted by Gasteiger charge is -2.29. The van der Waals surface area contributed by atoms with Gasteiger partial charge >= 0.3 is 0 Å². The van der Waals surface area contributed by atoms with Crippen LogP contribution in [0.1, 0.15) is 30.4 Å². The predicted molar refractivity (Wildman–Crippen MR) is 111 cm³/mol. The van der Waals surface area contributed by atoms with Gasteiger partial charge in [-0.25, -0.2) is 0 Å². The molecule has 2 aromatic carbocycles. The van der Waals surface area contributed by atoms with Crippen LogP contribution in [0.5, 0.6) is 0 Å². The molecule has 0 bridgehead atoms. The molecule has 0 amide bonds. The maximum absolute atomic E-state index is 5.55. The van der Waals surface area contributed by atoms with Crippen molar-refractivity contribution >= 4 is 28.7 Å². The molecule has 0 aliphatic carbocycles. The molecule has 1 saturated heterocycles. The van der Waals surface area contributed by atoms with Gasteiger partial charge in [0.15, 0.2) is 5.11 Å². The van der Waals surface area contributed by atoms with Gasteiger partial charge in [-0.1, -0.05) is 30.3 Å². The summed E-state index contributed by atoms with van der Waals surface area (Å²) in [6.07, 6.45) is 3.98. The smallest absolute Gasteiger partial charge is 0.173 e. The van der Waals surface area contributed by atoms with E-state index in [4.69, 9.17) is 12.2 Å². The maximum Gasteiger partial charge on any atom is 0.173 e. The molecule has 1 aliphatic rings. The van der Waals surface area contributed by atoms with E-state index < -0.39 is 0 Å². The molecule has 1 aliphatic heterocycles. The zero-order valence-corrected chi connectivity index (χ0v) is 16.0. The average molecular weight is 354 g/mol. The zero-order chi connectivity index (χ0) is 17.6. The number of piperidine rings is 1. The number of nitrogens with one attached hydrogen (secondary N) is 1. The summed E-state index contributed by atoms with van der Waals surface area (Å²) < 4.78 is 0. The Morgan fingerprint density at radius 1 is 1.04 bits per heavy atom. The molecule has 3 nitrogen and oxygen atoms in total. The molecule has 0 atom stereocenters. The number of nitrogens with zero attached hydrogens (tertiary/aromatic N) is 2. The van der Waals surface area contributed by atoms with Crippen LogP contribution < -0.4 is 10.2 Å². The first-order valence-corrected chi connectivity index (χ1v) is 9.46. The molecule has 2 aromatic rings. The molecule has 0 radical (unpaired) electrons. The van der Waals surface area contributed by atoms with Crippen molar-refractivity contribution in [2.24, 2.45) is 0 Å². The summed E-state index contributed by atoms with van der Waals surface area (Å²) in [6.45, 7) is 5.26. The van der Waals surface area contributed by atoms with Crippen LogP contribution in [0.25, 0.3) is 0 Å². The van der Waals surface area contributed by atoms with Crippen LogP contribution in [0.15, 0.2) is 48.5 Å². The van der Waals surface area contributed by atoms with Crippen LogP contribution in [0.3, 0.4) is 0 Å². The van der Waals surface area contributed by atoms with Gasteiger partial charge in [0.25, 0.3) is 0 Å². The quantitative estimate of drug-likeness (QED) is 0.795. The number of para-hydroxylation sites is 1. The van der Waals surface area contributed by atoms with Crippen LogP contribution in [-0.2, 0) is 6.54 Å². The van der Waals surface area contributed by atoms with Crippen molar-refractivity contribution in [1.29, 1.82) is 0 Å². The number of rotatable bonds is 4. The minimum atomic E-state index is 0.745. The normalized spacial score (nSPS) is 14.2. The molecular formula is C21H27N3S. The zero-order valence-electron chi connectivity index (χ0n) is 15.2. The Hall–Kier alpha value is -2.07. The Morgan fingerprint density at radius 3 is 2.40 bits per heavy atom. The highest BCUT2D eigenvalue weighted by molar-refractivity contribution is 7.80. The molecular weight excluding hydrogens is 326 g/mol. The van der Waals surface area contributed by atoms with Gasteiger partial charge in [-0.2, -0.15) is 0 Å². The second-order valence-electron chi connectivity index (χ2n) is 6.82. The van der Waals surface area contributed by atoms with Crippen molar-refractivity contribution in [3.8, 4) is 0 Å². The van der Waals surface area contributed by atoms with E-state index in [0.29, 0.717) is 0 Å². The summed E-state index contributed by atoms with van der Waals surface area (Å²) in [6, 6.07) is 17.1. The summed E-state index contributed by atoms with van der Waals surface area (Å²) in [7, 11) is 2.03. The molecule has 4 heteroatoms. The first-order chi connectivity index (χ1) is 12.1. The van der Waals surface area contributed by atoms with Gasteiger partial charge in [0, 0.05) is 38.1 Å². The molecule has 1 N–H and O–H groups in total.